The fourth-order valence-corrected chi connectivity index (χ4v) is 3.13. The zero-order valence-corrected chi connectivity index (χ0v) is 14.9. The molecule has 2 aromatic carbocycles. The Kier molecular flexibility index (Phi) is 5.69. The number of amides is 2. The van der Waals surface area contributed by atoms with E-state index in [1.54, 1.807) is 23.1 Å². The molecule has 27 heavy (non-hydrogen) atoms. The van der Waals surface area contributed by atoms with Crippen LogP contribution in [0.5, 0.6) is 5.75 Å². The minimum absolute atomic E-state index is 0.00973. The molecule has 3 rings (SSSR count). The summed E-state index contributed by atoms with van der Waals surface area (Å²) in [6.07, 6.45) is 1.53. The molecule has 0 atom stereocenters. The second-order valence-corrected chi connectivity index (χ2v) is 6.33. The van der Waals surface area contributed by atoms with Gasteiger partial charge in [-0.1, -0.05) is 12.1 Å². The van der Waals surface area contributed by atoms with E-state index in [4.69, 9.17) is 0 Å². The second kappa shape index (κ2) is 8.16. The molecule has 0 aliphatic carbocycles. The molecule has 1 N–H and O–H groups in total. The average Bonchev–Trinajstić information content (AvgIpc) is 3.04. The van der Waals surface area contributed by atoms with Gasteiger partial charge in [0.2, 0.25) is 11.8 Å². The Morgan fingerprint density at radius 3 is 2.59 bits per heavy atom. The van der Waals surface area contributed by atoms with Gasteiger partial charge in [-0.05, 0) is 54.3 Å². The van der Waals surface area contributed by atoms with Crippen LogP contribution in [0.3, 0.4) is 0 Å². The molecule has 0 radical (unpaired) electrons. The number of ether oxygens (including phenoxy) is 1. The molecular formula is C20H20F2N2O3. The predicted molar refractivity (Wildman–Crippen MR) is 98.2 cm³/mol. The van der Waals surface area contributed by atoms with Crippen molar-refractivity contribution in [1.82, 2.24) is 0 Å². The van der Waals surface area contributed by atoms with Crippen LogP contribution in [-0.4, -0.2) is 25.0 Å². The molecule has 0 saturated heterocycles. The van der Waals surface area contributed by atoms with Gasteiger partial charge in [-0.25, -0.2) is 0 Å². The SMILES string of the molecule is CC(=O)N1CCc2cc(NC(=O)CCc3ccc(OC(F)F)cc3)ccc21. The monoisotopic (exact) mass is 374 g/mol. The number of carbonyl (C=O) groups excluding carboxylic acids is 2. The maximum absolute atomic E-state index is 12.2. The molecule has 0 saturated carbocycles. The summed E-state index contributed by atoms with van der Waals surface area (Å²) < 4.78 is 28.6. The number of alkyl halides is 2. The average molecular weight is 374 g/mol. The van der Waals surface area contributed by atoms with Crippen LogP contribution in [-0.2, 0) is 22.4 Å². The van der Waals surface area contributed by atoms with E-state index in [2.05, 4.69) is 10.1 Å². The largest absolute Gasteiger partial charge is 0.435 e. The Morgan fingerprint density at radius 1 is 1.19 bits per heavy atom. The van der Waals surface area contributed by atoms with Crippen molar-refractivity contribution in [1.29, 1.82) is 0 Å². The third-order valence-corrected chi connectivity index (χ3v) is 4.43. The smallest absolute Gasteiger partial charge is 0.387 e. The van der Waals surface area contributed by atoms with Gasteiger partial charge in [0.05, 0.1) is 0 Å². The molecule has 2 amide bonds. The Hall–Kier alpha value is -2.96. The lowest BCUT2D eigenvalue weighted by Gasteiger charge is -2.15. The number of rotatable bonds is 6. The van der Waals surface area contributed by atoms with Gasteiger partial charge >= 0.3 is 6.61 Å². The number of aryl methyl sites for hydroxylation is 1. The van der Waals surface area contributed by atoms with Crippen molar-refractivity contribution < 1.29 is 23.1 Å². The van der Waals surface area contributed by atoms with Crippen LogP contribution in [0.15, 0.2) is 42.5 Å². The van der Waals surface area contributed by atoms with Crippen LogP contribution in [0.25, 0.3) is 0 Å². The number of nitrogens with one attached hydrogen (secondary N) is 1. The normalized spacial score (nSPS) is 12.8. The van der Waals surface area contributed by atoms with Gasteiger partial charge in [0.15, 0.2) is 0 Å². The van der Waals surface area contributed by atoms with Crippen LogP contribution in [0.2, 0.25) is 0 Å². The number of hydrogen-bond donors (Lipinski definition) is 1. The molecule has 0 spiro atoms. The van der Waals surface area contributed by atoms with Crippen molar-refractivity contribution in [3.05, 3.63) is 53.6 Å². The number of halogens is 2. The van der Waals surface area contributed by atoms with E-state index in [0.29, 0.717) is 18.7 Å². The van der Waals surface area contributed by atoms with Crippen LogP contribution in [0.4, 0.5) is 20.2 Å². The van der Waals surface area contributed by atoms with Crippen molar-refractivity contribution in [3.63, 3.8) is 0 Å². The Balaban J connectivity index is 1.53. The van der Waals surface area contributed by atoms with E-state index in [9.17, 15) is 18.4 Å². The minimum atomic E-state index is -2.85. The number of carbonyl (C=O) groups is 2. The van der Waals surface area contributed by atoms with Crippen molar-refractivity contribution >= 4 is 23.2 Å². The highest BCUT2D eigenvalue weighted by Crippen LogP contribution is 2.30. The number of anilines is 2. The molecule has 0 fully saturated rings. The first-order valence-electron chi connectivity index (χ1n) is 8.67. The summed E-state index contributed by atoms with van der Waals surface area (Å²) in [5.41, 5.74) is 3.49. The standard InChI is InChI=1S/C20H20F2N2O3/c1-13(25)24-11-10-15-12-16(5-8-18(15)24)23-19(26)9-4-14-2-6-17(7-3-14)27-20(21)22/h2-3,5-8,12,20H,4,9-11H2,1H3,(H,23,26). The van der Waals surface area contributed by atoms with Crippen LogP contribution >= 0.6 is 0 Å². The number of fused-ring (bicyclic) bond motifs is 1. The maximum Gasteiger partial charge on any atom is 0.387 e. The quantitative estimate of drug-likeness (QED) is 0.837. The van der Waals surface area contributed by atoms with Crippen LogP contribution in [0.1, 0.15) is 24.5 Å². The Bertz CT molecular complexity index is 838. The van der Waals surface area contributed by atoms with E-state index in [-0.39, 0.29) is 24.0 Å². The van der Waals surface area contributed by atoms with Crippen molar-refractivity contribution in [2.24, 2.45) is 0 Å². The first-order chi connectivity index (χ1) is 12.9. The lowest BCUT2D eigenvalue weighted by atomic mass is 10.1. The zero-order chi connectivity index (χ0) is 19.4. The van der Waals surface area contributed by atoms with E-state index in [1.165, 1.54) is 19.1 Å². The number of benzene rings is 2. The van der Waals surface area contributed by atoms with E-state index in [1.807, 2.05) is 12.1 Å². The summed E-state index contributed by atoms with van der Waals surface area (Å²) in [6.45, 7) is -0.652. The van der Waals surface area contributed by atoms with Gasteiger partial charge in [-0.15, -0.1) is 0 Å². The summed E-state index contributed by atoms with van der Waals surface area (Å²) in [7, 11) is 0. The molecule has 1 heterocycles. The van der Waals surface area contributed by atoms with Gasteiger partial charge in [0.1, 0.15) is 5.75 Å². The van der Waals surface area contributed by atoms with Gasteiger partial charge in [0.25, 0.3) is 0 Å². The summed E-state index contributed by atoms with van der Waals surface area (Å²) in [6, 6.07) is 11.8. The van der Waals surface area contributed by atoms with Gasteiger partial charge < -0.3 is 15.0 Å². The molecule has 2 aromatic rings. The van der Waals surface area contributed by atoms with Gasteiger partial charge in [0, 0.05) is 31.3 Å². The molecular weight excluding hydrogens is 354 g/mol. The fourth-order valence-electron chi connectivity index (χ4n) is 3.13. The molecule has 0 unspecified atom stereocenters. The fraction of sp³-hybridized carbons (Fsp3) is 0.300. The molecule has 5 nitrogen and oxygen atoms in total. The van der Waals surface area contributed by atoms with Gasteiger partial charge in [-0.3, -0.25) is 9.59 Å². The predicted octanol–water partition coefficient (Wildman–Crippen LogP) is 3.77. The van der Waals surface area contributed by atoms with Crippen LogP contribution in [0, 0.1) is 0 Å². The maximum atomic E-state index is 12.2. The van der Waals surface area contributed by atoms with E-state index < -0.39 is 6.61 Å². The summed E-state index contributed by atoms with van der Waals surface area (Å²) in [5, 5.41) is 2.86. The lowest BCUT2D eigenvalue weighted by Crippen LogP contribution is -2.25. The molecule has 1 aliphatic heterocycles. The molecule has 0 aromatic heterocycles. The third-order valence-electron chi connectivity index (χ3n) is 4.43. The number of nitrogens with zero attached hydrogens (tertiary/aromatic N) is 1. The molecule has 142 valence electrons. The van der Waals surface area contributed by atoms with Gasteiger partial charge in [-0.2, -0.15) is 8.78 Å². The first-order valence-corrected chi connectivity index (χ1v) is 8.67. The molecule has 1 aliphatic rings. The second-order valence-electron chi connectivity index (χ2n) is 6.33. The summed E-state index contributed by atoms with van der Waals surface area (Å²) in [4.78, 5) is 25.5. The first kappa shape index (κ1) is 18.8. The lowest BCUT2D eigenvalue weighted by molar-refractivity contribution is -0.117. The van der Waals surface area contributed by atoms with Crippen molar-refractivity contribution in [2.45, 2.75) is 32.8 Å². The minimum Gasteiger partial charge on any atom is -0.435 e. The summed E-state index contributed by atoms with van der Waals surface area (Å²) >= 11 is 0. The number of hydrogen-bond acceptors (Lipinski definition) is 3. The highest BCUT2D eigenvalue weighted by atomic mass is 19.3. The third kappa shape index (κ3) is 4.81. The van der Waals surface area contributed by atoms with Crippen molar-refractivity contribution in [3.8, 4) is 5.75 Å². The molecule has 0 bridgehead atoms. The Labute approximate surface area is 155 Å². The topological polar surface area (TPSA) is 58.6 Å². The summed E-state index contributed by atoms with van der Waals surface area (Å²) in [5.74, 6) is -0.0317. The highest BCUT2D eigenvalue weighted by Gasteiger charge is 2.22. The highest BCUT2D eigenvalue weighted by molar-refractivity contribution is 5.95. The van der Waals surface area contributed by atoms with Crippen LogP contribution < -0.4 is 15.0 Å². The van der Waals surface area contributed by atoms with Crippen molar-refractivity contribution in [2.75, 3.05) is 16.8 Å². The Morgan fingerprint density at radius 2 is 1.93 bits per heavy atom. The van der Waals surface area contributed by atoms with E-state index >= 15 is 0 Å². The molecule has 7 heteroatoms. The van der Waals surface area contributed by atoms with E-state index in [0.717, 1.165) is 23.2 Å². The zero-order valence-electron chi connectivity index (χ0n) is 14.9.